The van der Waals surface area contributed by atoms with E-state index in [2.05, 4.69) is 24.1 Å². The van der Waals surface area contributed by atoms with Crippen molar-refractivity contribution < 1.29 is 4.39 Å². The number of nitrogens with one attached hydrogen (secondary N) is 1. The highest BCUT2D eigenvalue weighted by molar-refractivity contribution is 7.14. The number of halogens is 1. The van der Waals surface area contributed by atoms with Crippen LogP contribution in [-0.2, 0) is 0 Å². The Morgan fingerprint density at radius 1 is 1.29 bits per heavy atom. The maximum atomic E-state index is 14.5. The highest BCUT2D eigenvalue weighted by Crippen LogP contribution is 2.34. The molecule has 1 aliphatic heterocycles. The minimum Gasteiger partial charge on any atom is -0.317 e. The zero-order valence-electron chi connectivity index (χ0n) is 13.9. The molecule has 0 bridgehead atoms. The Balaban J connectivity index is 1.80. The Kier molecular flexibility index (Phi) is 4.10. The van der Waals surface area contributed by atoms with Gasteiger partial charge in [0.05, 0.1) is 16.9 Å². The number of thiazole rings is 1. The third-order valence-corrected chi connectivity index (χ3v) is 5.77. The quantitative estimate of drug-likeness (QED) is 0.774. The van der Waals surface area contributed by atoms with Crippen molar-refractivity contribution >= 4 is 22.2 Å². The second-order valence-corrected chi connectivity index (χ2v) is 7.69. The van der Waals surface area contributed by atoms with E-state index < -0.39 is 0 Å². The molecule has 0 unspecified atom stereocenters. The molecule has 1 saturated heterocycles. The van der Waals surface area contributed by atoms with Crippen molar-refractivity contribution in [1.82, 2.24) is 20.1 Å². The lowest BCUT2D eigenvalue weighted by molar-refractivity contribution is 0.459. The van der Waals surface area contributed by atoms with E-state index >= 15 is 0 Å². The van der Waals surface area contributed by atoms with Crippen LogP contribution in [-0.4, -0.2) is 27.9 Å². The van der Waals surface area contributed by atoms with E-state index in [1.165, 1.54) is 6.07 Å². The molecule has 6 heteroatoms. The SMILES string of the molecule is CC(C)c1nn(-c2cnc(C3CCNCC3)s2)c2c(F)cccc12. The zero-order valence-corrected chi connectivity index (χ0v) is 14.7. The van der Waals surface area contributed by atoms with Crippen molar-refractivity contribution in [1.29, 1.82) is 0 Å². The van der Waals surface area contributed by atoms with Crippen LogP contribution < -0.4 is 5.32 Å². The van der Waals surface area contributed by atoms with Gasteiger partial charge in [-0.15, -0.1) is 0 Å². The standard InChI is InChI=1S/C18H21FN4S/c1-11(2)16-13-4-3-5-14(19)17(13)23(22-16)15-10-21-18(24-15)12-6-8-20-9-7-12/h3-5,10-12,20H,6-9H2,1-2H3. The first-order valence-corrected chi connectivity index (χ1v) is 9.30. The van der Waals surface area contributed by atoms with Crippen LogP contribution in [0.4, 0.5) is 4.39 Å². The largest absolute Gasteiger partial charge is 0.317 e. The van der Waals surface area contributed by atoms with Crippen molar-refractivity contribution in [3.8, 4) is 5.00 Å². The number of benzene rings is 1. The summed E-state index contributed by atoms with van der Waals surface area (Å²) in [7, 11) is 0. The average molecular weight is 344 g/mol. The van der Waals surface area contributed by atoms with E-state index in [0.717, 1.165) is 47.0 Å². The van der Waals surface area contributed by atoms with Crippen molar-refractivity contribution in [2.45, 2.75) is 38.5 Å². The molecule has 0 aliphatic carbocycles. The van der Waals surface area contributed by atoms with Gasteiger partial charge in [0, 0.05) is 11.3 Å². The molecule has 1 N–H and O–H groups in total. The summed E-state index contributed by atoms with van der Waals surface area (Å²) in [6.45, 7) is 6.25. The Bertz CT molecular complexity index is 861. The predicted molar refractivity (Wildman–Crippen MR) is 95.6 cm³/mol. The van der Waals surface area contributed by atoms with Gasteiger partial charge in [0.1, 0.15) is 16.3 Å². The summed E-state index contributed by atoms with van der Waals surface area (Å²) in [5, 5.41) is 11.0. The van der Waals surface area contributed by atoms with E-state index in [1.807, 2.05) is 12.3 Å². The Morgan fingerprint density at radius 2 is 2.08 bits per heavy atom. The van der Waals surface area contributed by atoms with Crippen LogP contribution in [0.25, 0.3) is 15.9 Å². The molecule has 0 amide bonds. The van der Waals surface area contributed by atoms with Gasteiger partial charge < -0.3 is 5.32 Å². The van der Waals surface area contributed by atoms with E-state index in [4.69, 9.17) is 5.10 Å². The highest BCUT2D eigenvalue weighted by atomic mass is 32.1. The predicted octanol–water partition coefficient (Wildman–Crippen LogP) is 4.21. The molecular formula is C18H21FN4S. The number of piperidine rings is 1. The zero-order chi connectivity index (χ0) is 16.7. The monoisotopic (exact) mass is 344 g/mol. The molecular weight excluding hydrogens is 323 g/mol. The van der Waals surface area contributed by atoms with E-state index in [1.54, 1.807) is 22.1 Å². The van der Waals surface area contributed by atoms with Gasteiger partial charge in [-0.3, -0.25) is 0 Å². The van der Waals surface area contributed by atoms with Gasteiger partial charge in [-0.05, 0) is 37.9 Å². The fourth-order valence-corrected chi connectivity index (χ4v) is 4.42. The minimum atomic E-state index is -0.233. The van der Waals surface area contributed by atoms with Crippen LogP contribution in [0.5, 0.6) is 0 Å². The summed E-state index contributed by atoms with van der Waals surface area (Å²) in [6.07, 6.45) is 4.06. The van der Waals surface area contributed by atoms with Gasteiger partial charge in [0.2, 0.25) is 0 Å². The number of fused-ring (bicyclic) bond motifs is 1. The second-order valence-electron chi connectivity index (χ2n) is 6.65. The molecule has 0 atom stereocenters. The summed E-state index contributed by atoms with van der Waals surface area (Å²) in [4.78, 5) is 4.61. The minimum absolute atomic E-state index is 0.233. The number of nitrogens with zero attached hydrogens (tertiary/aromatic N) is 3. The smallest absolute Gasteiger partial charge is 0.149 e. The summed E-state index contributed by atoms with van der Waals surface area (Å²) in [5.41, 5.74) is 1.49. The lowest BCUT2D eigenvalue weighted by Gasteiger charge is -2.20. The van der Waals surface area contributed by atoms with Crippen LogP contribution in [0, 0.1) is 5.82 Å². The number of hydrogen-bond acceptors (Lipinski definition) is 4. The first kappa shape index (κ1) is 15.7. The third kappa shape index (κ3) is 2.63. The first-order chi connectivity index (χ1) is 11.6. The van der Waals surface area contributed by atoms with E-state index in [0.29, 0.717) is 11.4 Å². The van der Waals surface area contributed by atoms with Crippen LogP contribution in [0.3, 0.4) is 0 Å². The first-order valence-electron chi connectivity index (χ1n) is 8.49. The van der Waals surface area contributed by atoms with Gasteiger partial charge in [-0.2, -0.15) is 5.10 Å². The summed E-state index contributed by atoms with van der Waals surface area (Å²) in [6, 6.07) is 5.20. The Labute approximate surface area is 144 Å². The van der Waals surface area contributed by atoms with Gasteiger partial charge in [-0.1, -0.05) is 37.3 Å². The molecule has 4 nitrogen and oxygen atoms in total. The van der Waals surface area contributed by atoms with Crippen molar-refractivity contribution in [2.75, 3.05) is 13.1 Å². The van der Waals surface area contributed by atoms with Crippen molar-refractivity contribution in [2.24, 2.45) is 0 Å². The third-order valence-electron chi connectivity index (χ3n) is 4.64. The van der Waals surface area contributed by atoms with Gasteiger partial charge in [0.15, 0.2) is 0 Å². The molecule has 1 fully saturated rings. The van der Waals surface area contributed by atoms with Crippen LogP contribution in [0.15, 0.2) is 24.4 Å². The average Bonchev–Trinajstić information content (AvgIpc) is 3.21. The topological polar surface area (TPSA) is 42.7 Å². The fourth-order valence-electron chi connectivity index (χ4n) is 3.37. The lowest BCUT2D eigenvalue weighted by Crippen LogP contribution is -2.26. The summed E-state index contributed by atoms with van der Waals surface area (Å²) < 4.78 is 16.2. The molecule has 0 saturated carbocycles. The van der Waals surface area contributed by atoms with Gasteiger partial charge in [-0.25, -0.2) is 14.1 Å². The second kappa shape index (κ2) is 6.26. The Hall–Kier alpha value is -1.79. The molecule has 126 valence electrons. The molecule has 1 aliphatic rings. The molecule has 24 heavy (non-hydrogen) atoms. The van der Waals surface area contributed by atoms with E-state index in [9.17, 15) is 4.39 Å². The van der Waals surface area contributed by atoms with Crippen LogP contribution in [0.1, 0.15) is 49.2 Å². The number of rotatable bonds is 3. The molecule has 0 spiro atoms. The van der Waals surface area contributed by atoms with E-state index in [-0.39, 0.29) is 11.7 Å². The fraction of sp³-hybridized carbons (Fsp3) is 0.444. The summed E-state index contributed by atoms with van der Waals surface area (Å²) in [5.74, 6) is 0.511. The van der Waals surface area contributed by atoms with Gasteiger partial charge in [0.25, 0.3) is 0 Å². The number of para-hydroxylation sites is 1. The Morgan fingerprint density at radius 3 is 2.83 bits per heavy atom. The number of hydrogen-bond donors (Lipinski definition) is 1. The molecule has 4 rings (SSSR count). The molecule has 0 radical (unpaired) electrons. The lowest BCUT2D eigenvalue weighted by atomic mass is 9.99. The molecule has 3 aromatic rings. The van der Waals surface area contributed by atoms with Crippen molar-refractivity contribution in [3.63, 3.8) is 0 Å². The van der Waals surface area contributed by atoms with Crippen molar-refractivity contribution in [3.05, 3.63) is 40.9 Å². The molecule has 2 aromatic heterocycles. The number of aromatic nitrogens is 3. The normalized spacial score (nSPS) is 16.3. The van der Waals surface area contributed by atoms with Crippen LogP contribution >= 0.6 is 11.3 Å². The maximum absolute atomic E-state index is 14.5. The highest BCUT2D eigenvalue weighted by Gasteiger charge is 2.22. The molecule has 3 heterocycles. The maximum Gasteiger partial charge on any atom is 0.149 e. The van der Waals surface area contributed by atoms with Crippen LogP contribution in [0.2, 0.25) is 0 Å². The van der Waals surface area contributed by atoms with Gasteiger partial charge >= 0.3 is 0 Å². The molecule has 1 aromatic carbocycles. The summed E-state index contributed by atoms with van der Waals surface area (Å²) >= 11 is 1.64.